The minimum absolute atomic E-state index is 0.0733. The lowest BCUT2D eigenvalue weighted by atomic mass is 10.1. The molecule has 0 aliphatic carbocycles. The van der Waals surface area contributed by atoms with Crippen molar-refractivity contribution >= 4 is 5.97 Å². The molecule has 0 saturated heterocycles. The van der Waals surface area contributed by atoms with Crippen LogP contribution in [0.2, 0.25) is 0 Å². The second-order valence-corrected chi connectivity index (χ2v) is 3.70. The van der Waals surface area contributed by atoms with E-state index >= 15 is 0 Å². The van der Waals surface area contributed by atoms with Crippen LogP contribution in [0.1, 0.15) is 18.1 Å². The third kappa shape index (κ3) is 2.68. The molecule has 1 N–H and O–H groups in total. The van der Waals surface area contributed by atoms with Gasteiger partial charge in [-0.25, -0.2) is 0 Å². The van der Waals surface area contributed by atoms with Gasteiger partial charge in [-0.2, -0.15) is 0 Å². The average Bonchev–Trinajstić information content (AvgIpc) is 2.38. The Morgan fingerprint density at radius 1 is 1.41 bits per heavy atom. The molecule has 5 heteroatoms. The molecule has 17 heavy (non-hydrogen) atoms. The summed E-state index contributed by atoms with van der Waals surface area (Å²) >= 11 is 0. The van der Waals surface area contributed by atoms with E-state index in [1.165, 1.54) is 7.11 Å². The van der Waals surface area contributed by atoms with Gasteiger partial charge in [0.15, 0.2) is 11.5 Å². The number of aliphatic hydroxyl groups is 1. The van der Waals surface area contributed by atoms with Gasteiger partial charge in [-0.1, -0.05) is 6.07 Å². The standard InChI is InChI=1S/C12H14O5/c1-15-12(14)7-9(13)8-2-3-10-11(6-8)17-5-4-16-10/h2-3,6,9,13H,4-5,7H2,1H3. The van der Waals surface area contributed by atoms with Crippen molar-refractivity contribution in [3.05, 3.63) is 23.8 Å². The first kappa shape index (κ1) is 11.7. The van der Waals surface area contributed by atoms with Gasteiger partial charge in [-0.3, -0.25) is 4.79 Å². The molecular formula is C12H14O5. The Morgan fingerprint density at radius 2 is 2.12 bits per heavy atom. The first-order chi connectivity index (χ1) is 8.20. The summed E-state index contributed by atoms with van der Waals surface area (Å²) in [6.07, 6.45) is -0.964. The summed E-state index contributed by atoms with van der Waals surface area (Å²) in [4.78, 5) is 11.0. The molecule has 2 rings (SSSR count). The quantitative estimate of drug-likeness (QED) is 0.797. The lowest BCUT2D eigenvalue weighted by molar-refractivity contribution is -0.142. The van der Waals surface area contributed by atoms with Gasteiger partial charge in [0, 0.05) is 0 Å². The second kappa shape index (κ2) is 5.05. The van der Waals surface area contributed by atoms with Crippen LogP contribution in [0.5, 0.6) is 11.5 Å². The fraction of sp³-hybridized carbons (Fsp3) is 0.417. The lowest BCUT2D eigenvalue weighted by Gasteiger charge is -2.20. The summed E-state index contributed by atoms with van der Waals surface area (Å²) in [5, 5.41) is 9.83. The highest BCUT2D eigenvalue weighted by atomic mass is 16.6. The minimum atomic E-state index is -0.890. The Balaban J connectivity index is 2.13. The van der Waals surface area contributed by atoms with Gasteiger partial charge >= 0.3 is 5.97 Å². The number of hydrogen-bond acceptors (Lipinski definition) is 5. The van der Waals surface area contributed by atoms with Gasteiger partial charge in [0.25, 0.3) is 0 Å². The van der Waals surface area contributed by atoms with Crippen LogP contribution in [-0.2, 0) is 9.53 Å². The number of methoxy groups -OCH3 is 1. The third-order valence-electron chi connectivity index (χ3n) is 2.54. The van der Waals surface area contributed by atoms with Crippen molar-refractivity contribution in [2.24, 2.45) is 0 Å². The summed E-state index contributed by atoms with van der Waals surface area (Å²) in [7, 11) is 1.29. The van der Waals surface area contributed by atoms with E-state index in [1.54, 1.807) is 18.2 Å². The van der Waals surface area contributed by atoms with Gasteiger partial charge in [0.1, 0.15) is 13.2 Å². The van der Waals surface area contributed by atoms with Crippen LogP contribution in [0.3, 0.4) is 0 Å². The van der Waals surface area contributed by atoms with E-state index in [4.69, 9.17) is 9.47 Å². The number of esters is 1. The molecule has 0 aromatic heterocycles. The fourth-order valence-electron chi connectivity index (χ4n) is 1.63. The maximum absolute atomic E-state index is 11.0. The largest absolute Gasteiger partial charge is 0.486 e. The number of aliphatic hydroxyl groups excluding tert-OH is 1. The Hall–Kier alpha value is -1.75. The van der Waals surface area contributed by atoms with Gasteiger partial charge in [0.05, 0.1) is 19.6 Å². The average molecular weight is 238 g/mol. The Labute approximate surface area is 98.9 Å². The summed E-state index contributed by atoms with van der Waals surface area (Å²) in [6, 6.07) is 5.12. The Kier molecular flexibility index (Phi) is 3.49. The number of carbonyl (C=O) groups excluding carboxylic acids is 1. The summed E-state index contributed by atoms with van der Waals surface area (Å²) in [6.45, 7) is 1.01. The summed E-state index contributed by atoms with van der Waals surface area (Å²) < 4.78 is 15.3. The smallest absolute Gasteiger partial charge is 0.308 e. The first-order valence-electron chi connectivity index (χ1n) is 5.35. The van der Waals surface area contributed by atoms with Crippen LogP contribution < -0.4 is 9.47 Å². The molecule has 0 radical (unpaired) electrons. The topological polar surface area (TPSA) is 65.0 Å². The molecule has 1 unspecified atom stereocenters. The molecule has 1 aromatic carbocycles. The normalized spacial score (nSPS) is 15.2. The maximum Gasteiger partial charge on any atom is 0.308 e. The van der Waals surface area contributed by atoms with Crippen molar-refractivity contribution in [1.82, 2.24) is 0 Å². The van der Waals surface area contributed by atoms with Crippen molar-refractivity contribution in [1.29, 1.82) is 0 Å². The molecule has 0 amide bonds. The molecule has 92 valence electrons. The van der Waals surface area contributed by atoms with E-state index in [2.05, 4.69) is 4.74 Å². The number of benzene rings is 1. The third-order valence-corrected chi connectivity index (χ3v) is 2.54. The van der Waals surface area contributed by atoms with Crippen molar-refractivity contribution in [2.75, 3.05) is 20.3 Å². The zero-order valence-electron chi connectivity index (χ0n) is 9.51. The van der Waals surface area contributed by atoms with Crippen LogP contribution in [0.25, 0.3) is 0 Å². The van der Waals surface area contributed by atoms with E-state index in [0.717, 1.165) is 0 Å². The van der Waals surface area contributed by atoms with Crippen LogP contribution in [0, 0.1) is 0 Å². The SMILES string of the molecule is COC(=O)CC(O)c1ccc2c(c1)OCCO2. The summed E-state index contributed by atoms with van der Waals surface area (Å²) in [5.41, 5.74) is 0.611. The predicted octanol–water partition coefficient (Wildman–Crippen LogP) is 1.05. The van der Waals surface area contributed by atoms with Gasteiger partial charge in [-0.15, -0.1) is 0 Å². The maximum atomic E-state index is 11.0. The van der Waals surface area contributed by atoms with Crippen LogP contribution >= 0.6 is 0 Å². The molecule has 0 saturated carbocycles. The highest BCUT2D eigenvalue weighted by molar-refractivity contribution is 5.70. The van der Waals surface area contributed by atoms with E-state index < -0.39 is 12.1 Å². The predicted molar refractivity (Wildman–Crippen MR) is 59.0 cm³/mol. The monoisotopic (exact) mass is 238 g/mol. The molecule has 1 atom stereocenters. The first-order valence-corrected chi connectivity index (χ1v) is 5.35. The summed E-state index contributed by atoms with van der Waals surface area (Å²) in [5.74, 6) is 0.801. The number of rotatable bonds is 3. The number of fused-ring (bicyclic) bond motifs is 1. The zero-order valence-corrected chi connectivity index (χ0v) is 9.51. The van der Waals surface area contributed by atoms with E-state index in [9.17, 15) is 9.90 Å². The molecular weight excluding hydrogens is 224 g/mol. The molecule has 0 spiro atoms. The lowest BCUT2D eigenvalue weighted by Crippen LogP contribution is -2.16. The molecule has 0 fully saturated rings. The number of ether oxygens (including phenoxy) is 3. The minimum Gasteiger partial charge on any atom is -0.486 e. The number of hydrogen-bond donors (Lipinski definition) is 1. The highest BCUT2D eigenvalue weighted by Gasteiger charge is 2.17. The van der Waals surface area contributed by atoms with Crippen LogP contribution in [-0.4, -0.2) is 31.4 Å². The second-order valence-electron chi connectivity index (χ2n) is 3.70. The molecule has 1 aliphatic heterocycles. The molecule has 1 aliphatic rings. The fourth-order valence-corrected chi connectivity index (χ4v) is 1.63. The van der Waals surface area contributed by atoms with Crippen molar-refractivity contribution in [3.63, 3.8) is 0 Å². The van der Waals surface area contributed by atoms with Gasteiger partial charge < -0.3 is 19.3 Å². The van der Waals surface area contributed by atoms with Crippen molar-refractivity contribution in [2.45, 2.75) is 12.5 Å². The van der Waals surface area contributed by atoms with Crippen LogP contribution in [0.15, 0.2) is 18.2 Å². The molecule has 0 bridgehead atoms. The van der Waals surface area contributed by atoms with E-state index in [0.29, 0.717) is 30.3 Å². The van der Waals surface area contributed by atoms with Crippen molar-refractivity contribution < 1.29 is 24.1 Å². The Bertz CT molecular complexity index is 415. The van der Waals surface area contributed by atoms with E-state index in [1.807, 2.05) is 0 Å². The van der Waals surface area contributed by atoms with E-state index in [-0.39, 0.29) is 6.42 Å². The molecule has 5 nitrogen and oxygen atoms in total. The zero-order chi connectivity index (χ0) is 12.3. The Morgan fingerprint density at radius 3 is 2.82 bits per heavy atom. The van der Waals surface area contributed by atoms with Crippen molar-refractivity contribution in [3.8, 4) is 11.5 Å². The highest BCUT2D eigenvalue weighted by Crippen LogP contribution is 2.33. The number of carbonyl (C=O) groups is 1. The molecule has 1 heterocycles. The van der Waals surface area contributed by atoms with Gasteiger partial charge in [-0.05, 0) is 17.7 Å². The molecule has 1 aromatic rings. The van der Waals surface area contributed by atoms with Gasteiger partial charge in [0.2, 0.25) is 0 Å². The van der Waals surface area contributed by atoms with Crippen LogP contribution in [0.4, 0.5) is 0 Å².